The Labute approximate surface area is 162 Å². The van der Waals surface area contributed by atoms with Gasteiger partial charge >= 0.3 is 0 Å². The molecule has 1 aromatic rings. The lowest BCUT2D eigenvalue weighted by atomic mass is 10.0. The van der Waals surface area contributed by atoms with E-state index in [2.05, 4.69) is 4.72 Å². The molecule has 0 unspecified atom stereocenters. The number of hydrogen-bond acceptors (Lipinski definition) is 5. The highest BCUT2D eigenvalue weighted by Crippen LogP contribution is 2.28. The molecule has 0 radical (unpaired) electrons. The summed E-state index contributed by atoms with van der Waals surface area (Å²) in [6.45, 7) is 9.55. The average molecular weight is 399 g/mol. The monoisotopic (exact) mass is 398 g/mol. The van der Waals surface area contributed by atoms with E-state index in [0.717, 1.165) is 11.1 Å². The van der Waals surface area contributed by atoms with Crippen LogP contribution in [0.4, 0.5) is 0 Å². The van der Waals surface area contributed by atoms with Gasteiger partial charge in [0, 0.05) is 13.1 Å². The van der Waals surface area contributed by atoms with Crippen molar-refractivity contribution in [2.24, 2.45) is 5.92 Å². The summed E-state index contributed by atoms with van der Waals surface area (Å²) in [4.78, 5) is 14.6. The number of carbonyl (C=O) groups excluding carboxylic acids is 1. The number of methoxy groups -OCH3 is 1. The largest absolute Gasteiger partial charge is 0.495 e. The fourth-order valence-electron chi connectivity index (χ4n) is 3.06. The third kappa shape index (κ3) is 5.43. The highest BCUT2D eigenvalue weighted by molar-refractivity contribution is 7.89. The van der Waals surface area contributed by atoms with E-state index in [1.165, 1.54) is 7.11 Å². The topological polar surface area (TPSA) is 84.9 Å². The van der Waals surface area contributed by atoms with E-state index < -0.39 is 16.1 Å². The number of hydrogen-bond donors (Lipinski definition) is 1. The second kappa shape index (κ2) is 9.03. The molecule has 0 bridgehead atoms. The Morgan fingerprint density at radius 1 is 1.22 bits per heavy atom. The minimum absolute atomic E-state index is 0.0524. The second-order valence-electron chi connectivity index (χ2n) is 7.33. The maximum atomic E-state index is 13.1. The van der Waals surface area contributed by atoms with E-state index in [0.29, 0.717) is 32.7 Å². The number of rotatable bonds is 7. The van der Waals surface area contributed by atoms with Crippen LogP contribution in [0.2, 0.25) is 0 Å². The van der Waals surface area contributed by atoms with Crippen LogP contribution in [0.5, 0.6) is 5.75 Å². The number of ether oxygens (including phenoxy) is 2. The fraction of sp³-hybridized carbons (Fsp3) is 0.632. The van der Waals surface area contributed by atoms with Gasteiger partial charge in [-0.1, -0.05) is 13.8 Å². The summed E-state index contributed by atoms with van der Waals surface area (Å²) in [5, 5.41) is 0. The molecule has 0 saturated carbocycles. The molecule has 0 aliphatic carbocycles. The summed E-state index contributed by atoms with van der Waals surface area (Å²) in [5.41, 5.74) is 1.78. The second-order valence-corrected chi connectivity index (χ2v) is 9.01. The normalized spacial score (nSPS) is 16.4. The van der Waals surface area contributed by atoms with Gasteiger partial charge < -0.3 is 14.4 Å². The Bertz CT molecular complexity index is 771. The van der Waals surface area contributed by atoms with E-state index in [4.69, 9.17) is 9.47 Å². The Hall–Kier alpha value is -1.64. The molecule has 1 amide bonds. The summed E-state index contributed by atoms with van der Waals surface area (Å²) in [5.74, 6) is 0.218. The first-order valence-corrected chi connectivity index (χ1v) is 10.7. The quantitative estimate of drug-likeness (QED) is 0.758. The van der Waals surface area contributed by atoms with Gasteiger partial charge in [-0.2, -0.15) is 4.72 Å². The number of nitrogens with zero attached hydrogens (tertiary/aromatic N) is 1. The van der Waals surface area contributed by atoms with E-state index in [9.17, 15) is 13.2 Å². The van der Waals surface area contributed by atoms with Crippen LogP contribution in [-0.4, -0.2) is 58.7 Å². The van der Waals surface area contributed by atoms with Crippen LogP contribution in [0.3, 0.4) is 0 Å². The smallest absolute Gasteiger partial charge is 0.244 e. The van der Waals surface area contributed by atoms with Crippen LogP contribution in [0.1, 0.15) is 31.4 Å². The molecule has 1 atom stereocenters. The highest BCUT2D eigenvalue weighted by atomic mass is 32.2. The van der Waals surface area contributed by atoms with Gasteiger partial charge in [-0.05, 0) is 49.4 Å². The Kier molecular flexibility index (Phi) is 7.25. The SMILES string of the molecule is COc1cc(C)c(C)cc1S(=O)(=O)N[C@H](CC(C)C)C(=O)N1CCOCC1. The summed E-state index contributed by atoms with van der Waals surface area (Å²) < 4.78 is 39.3. The van der Waals surface area contributed by atoms with Gasteiger partial charge in [-0.25, -0.2) is 8.42 Å². The third-order valence-corrected chi connectivity index (χ3v) is 6.19. The third-order valence-electron chi connectivity index (χ3n) is 4.69. The van der Waals surface area contributed by atoms with Crippen molar-refractivity contribution in [2.45, 2.75) is 45.1 Å². The lowest BCUT2D eigenvalue weighted by molar-refractivity contribution is -0.137. The van der Waals surface area contributed by atoms with Crippen molar-refractivity contribution in [3.63, 3.8) is 0 Å². The number of sulfonamides is 1. The lowest BCUT2D eigenvalue weighted by Crippen LogP contribution is -2.52. The maximum absolute atomic E-state index is 13.1. The molecule has 8 heteroatoms. The van der Waals surface area contributed by atoms with Crippen LogP contribution >= 0.6 is 0 Å². The van der Waals surface area contributed by atoms with E-state index in [1.54, 1.807) is 17.0 Å². The average Bonchev–Trinajstić information content (AvgIpc) is 2.62. The number of aryl methyl sites for hydroxylation is 2. The van der Waals surface area contributed by atoms with Gasteiger partial charge in [0.05, 0.1) is 20.3 Å². The number of nitrogens with one attached hydrogen (secondary N) is 1. The highest BCUT2D eigenvalue weighted by Gasteiger charge is 2.32. The molecule has 152 valence electrons. The van der Waals surface area contributed by atoms with Crippen LogP contribution in [-0.2, 0) is 19.6 Å². The first-order valence-electron chi connectivity index (χ1n) is 9.19. The van der Waals surface area contributed by atoms with Crippen molar-refractivity contribution >= 4 is 15.9 Å². The standard InChI is InChI=1S/C19H30N2O5S/c1-13(2)10-16(19(22)21-6-8-26-9-7-21)20-27(23,24)18-12-15(4)14(3)11-17(18)25-5/h11-13,16,20H,6-10H2,1-5H3/t16-/m1/s1. The van der Waals surface area contributed by atoms with Crippen LogP contribution < -0.4 is 9.46 Å². The van der Waals surface area contributed by atoms with Crippen molar-refractivity contribution in [1.82, 2.24) is 9.62 Å². The number of morpholine rings is 1. The van der Waals surface area contributed by atoms with Crippen molar-refractivity contribution in [1.29, 1.82) is 0 Å². The number of amides is 1. The molecule has 1 aliphatic rings. The number of carbonyl (C=O) groups is 1. The summed E-state index contributed by atoms with van der Waals surface area (Å²) >= 11 is 0. The Morgan fingerprint density at radius 2 is 1.81 bits per heavy atom. The minimum atomic E-state index is -3.92. The predicted octanol–water partition coefficient (Wildman–Crippen LogP) is 1.86. The van der Waals surface area contributed by atoms with Crippen molar-refractivity contribution in [3.8, 4) is 5.75 Å². The van der Waals surface area contributed by atoms with E-state index in [1.807, 2.05) is 27.7 Å². The molecular formula is C19H30N2O5S. The molecular weight excluding hydrogens is 368 g/mol. The van der Waals surface area contributed by atoms with Gasteiger partial charge in [0.2, 0.25) is 15.9 Å². The van der Waals surface area contributed by atoms with E-state index >= 15 is 0 Å². The lowest BCUT2D eigenvalue weighted by Gasteiger charge is -2.31. The van der Waals surface area contributed by atoms with Crippen molar-refractivity contribution in [2.75, 3.05) is 33.4 Å². The van der Waals surface area contributed by atoms with Crippen LogP contribution in [0.15, 0.2) is 17.0 Å². The molecule has 2 rings (SSSR count). The summed E-state index contributed by atoms with van der Waals surface area (Å²) in [6, 6.07) is 2.47. The zero-order chi connectivity index (χ0) is 20.2. The Balaban J connectivity index is 2.32. The molecule has 1 fully saturated rings. The number of benzene rings is 1. The molecule has 0 spiro atoms. The van der Waals surface area contributed by atoms with Crippen LogP contribution in [0.25, 0.3) is 0 Å². The van der Waals surface area contributed by atoms with Crippen molar-refractivity contribution in [3.05, 3.63) is 23.3 Å². The predicted molar refractivity (Wildman–Crippen MR) is 103 cm³/mol. The maximum Gasteiger partial charge on any atom is 0.244 e. The van der Waals surface area contributed by atoms with Gasteiger partial charge in [0.25, 0.3) is 0 Å². The van der Waals surface area contributed by atoms with Crippen molar-refractivity contribution < 1.29 is 22.7 Å². The molecule has 1 aliphatic heterocycles. The Morgan fingerprint density at radius 3 is 2.37 bits per heavy atom. The molecule has 1 N–H and O–H groups in total. The summed E-state index contributed by atoms with van der Waals surface area (Å²) in [6.07, 6.45) is 0.419. The van der Waals surface area contributed by atoms with Gasteiger partial charge in [0.15, 0.2) is 0 Å². The molecule has 1 saturated heterocycles. The van der Waals surface area contributed by atoms with E-state index in [-0.39, 0.29) is 22.5 Å². The zero-order valence-corrected chi connectivity index (χ0v) is 17.6. The zero-order valence-electron chi connectivity index (χ0n) is 16.7. The van der Waals surface area contributed by atoms with Crippen LogP contribution in [0, 0.1) is 19.8 Å². The fourth-order valence-corrected chi connectivity index (χ4v) is 4.50. The molecule has 1 heterocycles. The molecule has 1 aromatic carbocycles. The molecule has 27 heavy (non-hydrogen) atoms. The molecule has 7 nitrogen and oxygen atoms in total. The first-order chi connectivity index (χ1) is 12.7. The van der Waals surface area contributed by atoms with Gasteiger partial charge in [-0.15, -0.1) is 0 Å². The minimum Gasteiger partial charge on any atom is -0.495 e. The first kappa shape index (κ1) is 21.7. The van der Waals surface area contributed by atoms with Gasteiger partial charge in [-0.3, -0.25) is 4.79 Å². The summed E-state index contributed by atoms with van der Waals surface area (Å²) in [7, 11) is -2.49. The van der Waals surface area contributed by atoms with Gasteiger partial charge in [0.1, 0.15) is 16.7 Å². The molecule has 0 aromatic heterocycles.